The lowest BCUT2D eigenvalue weighted by Crippen LogP contribution is -2.08. The Hall–Kier alpha value is -5.38. The van der Waals surface area contributed by atoms with E-state index in [1.54, 1.807) is 41.3 Å². The second-order valence-corrected chi connectivity index (χ2v) is 8.63. The van der Waals surface area contributed by atoms with E-state index >= 15 is 0 Å². The van der Waals surface area contributed by atoms with Crippen LogP contribution in [0.15, 0.2) is 91.3 Å². The molecule has 1 N–H and O–H groups in total. The summed E-state index contributed by atoms with van der Waals surface area (Å²) in [7, 11) is 4.60. The number of benzene rings is 3. The molecule has 10 heteroatoms. The number of hydrogen-bond acceptors (Lipinski definition) is 9. The molecule has 40 heavy (non-hydrogen) atoms. The van der Waals surface area contributed by atoms with Crippen LogP contribution in [0.3, 0.4) is 0 Å². The Bertz CT molecular complexity index is 1600. The quantitative estimate of drug-likeness (QED) is 0.218. The summed E-state index contributed by atoms with van der Waals surface area (Å²) in [5, 5.41) is 11.5. The molecule has 3 aromatic carbocycles. The smallest absolute Gasteiger partial charge is 0.218 e. The molecule has 0 aliphatic carbocycles. The number of carbonyl (C=O) groups excluding carboxylic acids is 1. The van der Waals surface area contributed by atoms with Crippen molar-refractivity contribution in [2.24, 2.45) is 0 Å². The van der Waals surface area contributed by atoms with Crippen molar-refractivity contribution in [2.75, 3.05) is 26.6 Å². The zero-order chi connectivity index (χ0) is 27.9. The third-order valence-electron chi connectivity index (χ3n) is 5.97. The van der Waals surface area contributed by atoms with Crippen LogP contribution < -0.4 is 24.3 Å². The van der Waals surface area contributed by atoms with Gasteiger partial charge in [0.15, 0.2) is 17.2 Å². The monoisotopic (exact) mass is 537 g/mol. The average Bonchev–Trinajstić information content (AvgIpc) is 3.45. The van der Waals surface area contributed by atoms with E-state index in [0.717, 1.165) is 11.3 Å². The minimum absolute atomic E-state index is 0.192. The van der Waals surface area contributed by atoms with Crippen molar-refractivity contribution in [2.45, 2.75) is 6.54 Å². The van der Waals surface area contributed by atoms with E-state index in [0.29, 0.717) is 46.6 Å². The Kier molecular flexibility index (Phi) is 7.87. The number of anilines is 2. The van der Waals surface area contributed by atoms with Crippen LogP contribution >= 0.6 is 0 Å². The highest BCUT2D eigenvalue weighted by Gasteiger charge is 2.20. The van der Waals surface area contributed by atoms with Crippen LogP contribution in [0.1, 0.15) is 21.6 Å². The Morgan fingerprint density at radius 1 is 0.850 bits per heavy atom. The van der Waals surface area contributed by atoms with Crippen molar-refractivity contribution in [1.82, 2.24) is 20.0 Å². The molecule has 0 fully saturated rings. The first-order valence-electron chi connectivity index (χ1n) is 12.4. The zero-order valence-corrected chi connectivity index (χ0v) is 22.2. The van der Waals surface area contributed by atoms with Crippen molar-refractivity contribution < 1.29 is 23.7 Å². The summed E-state index contributed by atoms with van der Waals surface area (Å²) in [6.07, 6.45) is 3.21. The van der Waals surface area contributed by atoms with Gasteiger partial charge in [0.1, 0.15) is 17.3 Å². The third kappa shape index (κ3) is 5.86. The molecule has 0 radical (unpaired) electrons. The first-order valence-corrected chi connectivity index (χ1v) is 12.4. The number of ether oxygens (including phenoxy) is 4. The first-order chi connectivity index (χ1) is 19.6. The molecule has 10 nitrogen and oxygen atoms in total. The predicted molar refractivity (Wildman–Crippen MR) is 149 cm³/mol. The SMILES string of the molecule is COc1cc(Nc2ncccc2C(=O)c2cn(Cc3cccc(Oc4ccccc4)c3)nn2)cc(OC)c1OC. The molecule has 0 amide bonds. The fourth-order valence-electron chi connectivity index (χ4n) is 4.11. The molecule has 0 bridgehead atoms. The van der Waals surface area contributed by atoms with E-state index in [2.05, 4.69) is 20.6 Å². The number of methoxy groups -OCH3 is 3. The van der Waals surface area contributed by atoms with Gasteiger partial charge < -0.3 is 24.3 Å². The van der Waals surface area contributed by atoms with E-state index in [-0.39, 0.29) is 11.5 Å². The summed E-state index contributed by atoms with van der Waals surface area (Å²) < 4.78 is 23.8. The van der Waals surface area contributed by atoms with Crippen molar-refractivity contribution >= 4 is 17.3 Å². The lowest BCUT2D eigenvalue weighted by atomic mass is 10.1. The van der Waals surface area contributed by atoms with Crippen molar-refractivity contribution in [3.63, 3.8) is 0 Å². The molecule has 5 rings (SSSR count). The Morgan fingerprint density at radius 3 is 2.33 bits per heavy atom. The van der Waals surface area contributed by atoms with Gasteiger partial charge in [0.2, 0.25) is 11.5 Å². The van der Waals surface area contributed by atoms with Crippen LogP contribution in [-0.2, 0) is 6.54 Å². The van der Waals surface area contributed by atoms with Crippen molar-refractivity contribution in [1.29, 1.82) is 0 Å². The zero-order valence-electron chi connectivity index (χ0n) is 22.2. The summed E-state index contributed by atoms with van der Waals surface area (Å²) in [6, 6.07) is 24.1. The number of nitrogens with one attached hydrogen (secondary N) is 1. The lowest BCUT2D eigenvalue weighted by molar-refractivity contribution is 0.103. The number of hydrogen-bond donors (Lipinski definition) is 1. The molecule has 0 saturated carbocycles. The van der Waals surface area contributed by atoms with Crippen LogP contribution in [0.5, 0.6) is 28.7 Å². The van der Waals surface area contributed by atoms with Crippen molar-refractivity contribution in [3.05, 3.63) is 108 Å². The Labute approximate surface area is 231 Å². The van der Waals surface area contributed by atoms with Crippen LogP contribution in [0.4, 0.5) is 11.5 Å². The maximum atomic E-state index is 13.4. The van der Waals surface area contributed by atoms with Crippen LogP contribution in [0.25, 0.3) is 0 Å². The number of pyridine rings is 1. The van der Waals surface area contributed by atoms with Crippen LogP contribution in [0.2, 0.25) is 0 Å². The number of ketones is 1. The molecular formula is C30H27N5O5. The molecule has 2 heterocycles. The molecule has 0 atom stereocenters. The summed E-state index contributed by atoms with van der Waals surface area (Å²) in [5.41, 5.74) is 2.08. The number of aromatic nitrogens is 4. The highest BCUT2D eigenvalue weighted by Crippen LogP contribution is 2.40. The van der Waals surface area contributed by atoms with Gasteiger partial charge in [0.25, 0.3) is 0 Å². The van der Waals surface area contributed by atoms with E-state index in [9.17, 15) is 4.79 Å². The molecule has 0 unspecified atom stereocenters. The van der Waals surface area contributed by atoms with Gasteiger partial charge in [-0.1, -0.05) is 35.5 Å². The normalized spacial score (nSPS) is 10.6. The van der Waals surface area contributed by atoms with E-state index in [1.165, 1.54) is 21.3 Å². The van der Waals surface area contributed by atoms with Gasteiger partial charge in [-0.15, -0.1) is 5.10 Å². The van der Waals surface area contributed by atoms with E-state index in [1.807, 2.05) is 54.6 Å². The van der Waals surface area contributed by atoms with E-state index < -0.39 is 0 Å². The van der Waals surface area contributed by atoms with Gasteiger partial charge in [-0.3, -0.25) is 4.79 Å². The highest BCUT2D eigenvalue weighted by atomic mass is 16.5. The average molecular weight is 538 g/mol. The van der Waals surface area contributed by atoms with Gasteiger partial charge in [-0.25, -0.2) is 9.67 Å². The van der Waals surface area contributed by atoms with Crippen LogP contribution in [0, 0.1) is 0 Å². The van der Waals surface area contributed by atoms with Gasteiger partial charge in [-0.2, -0.15) is 0 Å². The van der Waals surface area contributed by atoms with Gasteiger partial charge in [0.05, 0.1) is 39.6 Å². The van der Waals surface area contributed by atoms with Gasteiger partial charge >= 0.3 is 0 Å². The Morgan fingerprint density at radius 2 is 1.60 bits per heavy atom. The Balaban J connectivity index is 1.34. The first kappa shape index (κ1) is 26.2. The standard InChI is InChI=1S/C30H27N5O5/c1-37-26-16-21(17-27(38-2)29(26)39-3)32-30-24(13-8-14-31-30)28(36)25-19-35(34-33-25)18-20-9-7-12-23(15-20)40-22-10-5-4-6-11-22/h4-17,19H,18H2,1-3H3,(H,31,32). The molecule has 2 aromatic heterocycles. The molecule has 0 aliphatic heterocycles. The summed E-state index contributed by atoms with van der Waals surface area (Å²) in [6.45, 7) is 0.413. The molecular weight excluding hydrogens is 510 g/mol. The number of carbonyl (C=O) groups is 1. The maximum absolute atomic E-state index is 13.4. The van der Waals surface area contributed by atoms with Crippen LogP contribution in [-0.4, -0.2) is 47.1 Å². The highest BCUT2D eigenvalue weighted by molar-refractivity contribution is 6.10. The number of para-hydroxylation sites is 1. The fourth-order valence-corrected chi connectivity index (χ4v) is 4.11. The van der Waals surface area contributed by atoms with Gasteiger partial charge in [0, 0.05) is 24.0 Å². The third-order valence-corrected chi connectivity index (χ3v) is 5.97. The van der Waals surface area contributed by atoms with Crippen molar-refractivity contribution in [3.8, 4) is 28.7 Å². The van der Waals surface area contributed by atoms with Gasteiger partial charge in [-0.05, 0) is 42.0 Å². The van der Waals surface area contributed by atoms with E-state index in [4.69, 9.17) is 18.9 Å². The predicted octanol–water partition coefficient (Wildman–Crippen LogP) is 5.51. The minimum atomic E-state index is -0.324. The second kappa shape index (κ2) is 12.0. The molecule has 202 valence electrons. The number of nitrogens with zero attached hydrogens (tertiary/aromatic N) is 4. The molecule has 0 spiro atoms. The molecule has 0 saturated heterocycles. The summed E-state index contributed by atoms with van der Waals surface area (Å²) >= 11 is 0. The molecule has 0 aliphatic rings. The number of rotatable bonds is 11. The second-order valence-electron chi connectivity index (χ2n) is 8.63. The largest absolute Gasteiger partial charge is 0.493 e. The lowest BCUT2D eigenvalue weighted by Gasteiger charge is -2.15. The maximum Gasteiger partial charge on any atom is 0.218 e. The fraction of sp³-hybridized carbons (Fsp3) is 0.133. The minimum Gasteiger partial charge on any atom is -0.493 e. The molecule has 5 aromatic rings. The summed E-state index contributed by atoms with van der Waals surface area (Å²) in [4.78, 5) is 17.8. The summed E-state index contributed by atoms with van der Waals surface area (Å²) in [5.74, 6) is 2.88. The topological polar surface area (TPSA) is 110 Å².